The Balaban J connectivity index is 4.24. The average Bonchev–Trinajstić information content (AvgIpc) is 2.21. The summed E-state index contributed by atoms with van der Waals surface area (Å²) in [6, 6.07) is 0. The normalized spacial score (nSPS) is 14.3. The van der Waals surface area contributed by atoms with Gasteiger partial charge in [0.05, 0.1) is 18.6 Å². The molecule has 0 heterocycles. The molecule has 1 atom stereocenters. The van der Waals surface area contributed by atoms with E-state index in [4.69, 9.17) is 0 Å². The van der Waals surface area contributed by atoms with E-state index in [9.17, 15) is 21.6 Å². The zero-order valence-electron chi connectivity index (χ0n) is 9.34. The molecular weight excluding hydrogens is 385 g/mol. The van der Waals surface area contributed by atoms with Gasteiger partial charge in [0.2, 0.25) is 10.0 Å². The molecule has 1 unspecified atom stereocenters. The molecule has 1 N–H and O–H groups in total. The lowest BCUT2D eigenvalue weighted by Gasteiger charge is -2.09. The maximum absolute atomic E-state index is 11.4. The zero-order valence-corrected chi connectivity index (χ0v) is 13.1. The van der Waals surface area contributed by atoms with Crippen molar-refractivity contribution in [2.75, 3.05) is 31.4 Å². The van der Waals surface area contributed by atoms with Crippen LogP contribution in [0.3, 0.4) is 0 Å². The average molecular weight is 399 g/mol. The zero-order chi connectivity index (χ0) is 13.7. The second kappa shape index (κ2) is 6.85. The number of hydrogen-bond donors (Lipinski definition) is 1. The van der Waals surface area contributed by atoms with Crippen molar-refractivity contribution in [3.63, 3.8) is 0 Å². The number of alkyl halides is 1. The Morgan fingerprint density at radius 2 is 1.82 bits per heavy atom. The van der Waals surface area contributed by atoms with Gasteiger partial charge in [-0.2, -0.15) is 0 Å². The molecule has 102 valence electrons. The molecule has 0 radical (unpaired) electrons. The molecule has 0 bridgehead atoms. The Kier molecular flexibility index (Phi) is 6.87. The summed E-state index contributed by atoms with van der Waals surface area (Å²) >= 11 is 1.73. The van der Waals surface area contributed by atoms with Crippen molar-refractivity contribution >= 4 is 48.4 Å². The standard InChI is InChI=1S/C7H14INO6S2/c1-15-7(10)6(8)5-9-17(13,14)4-3-16(2,11)12/h6,9H,3-5H2,1-2H3. The summed E-state index contributed by atoms with van der Waals surface area (Å²) in [7, 11) is -5.82. The minimum atomic E-state index is -3.69. The predicted octanol–water partition coefficient (Wildman–Crippen LogP) is -1.07. The third-order valence-corrected chi connectivity index (χ3v) is 5.16. The quantitative estimate of drug-likeness (QED) is 0.332. The van der Waals surface area contributed by atoms with Crippen molar-refractivity contribution in [2.24, 2.45) is 0 Å². The van der Waals surface area contributed by atoms with Gasteiger partial charge in [-0.25, -0.2) is 21.6 Å². The van der Waals surface area contributed by atoms with Crippen LogP contribution in [0.5, 0.6) is 0 Å². The summed E-state index contributed by atoms with van der Waals surface area (Å²) in [5, 5.41) is 0. The summed E-state index contributed by atoms with van der Waals surface area (Å²) in [4.78, 5) is 11.0. The van der Waals surface area contributed by atoms with Gasteiger partial charge in [-0.15, -0.1) is 0 Å². The Morgan fingerprint density at radius 3 is 2.24 bits per heavy atom. The maximum Gasteiger partial charge on any atom is 0.319 e. The van der Waals surface area contributed by atoms with Gasteiger partial charge in [0.1, 0.15) is 13.8 Å². The van der Waals surface area contributed by atoms with E-state index in [1.807, 2.05) is 0 Å². The molecule has 0 spiro atoms. The van der Waals surface area contributed by atoms with Crippen LogP contribution in [0, 0.1) is 0 Å². The lowest BCUT2D eigenvalue weighted by Crippen LogP contribution is -2.36. The van der Waals surface area contributed by atoms with Crippen molar-refractivity contribution in [1.82, 2.24) is 4.72 Å². The number of methoxy groups -OCH3 is 1. The Morgan fingerprint density at radius 1 is 1.29 bits per heavy atom. The first-order chi connectivity index (χ1) is 7.57. The molecule has 0 aromatic heterocycles. The van der Waals surface area contributed by atoms with Crippen LogP contribution in [0.25, 0.3) is 0 Å². The topological polar surface area (TPSA) is 107 Å². The molecule has 0 fully saturated rings. The molecule has 17 heavy (non-hydrogen) atoms. The van der Waals surface area contributed by atoms with E-state index in [0.717, 1.165) is 6.26 Å². The second-order valence-corrected chi connectivity index (χ2v) is 8.98. The molecule has 0 rings (SSSR count). The fourth-order valence-electron chi connectivity index (χ4n) is 0.745. The van der Waals surface area contributed by atoms with Crippen LogP contribution in [0.1, 0.15) is 0 Å². The van der Waals surface area contributed by atoms with E-state index in [0.29, 0.717) is 0 Å². The number of carbonyl (C=O) groups is 1. The highest BCUT2D eigenvalue weighted by Gasteiger charge is 2.19. The number of sulfonamides is 1. The number of nitrogens with one attached hydrogen (secondary N) is 1. The highest BCUT2D eigenvalue weighted by molar-refractivity contribution is 14.1. The number of rotatable bonds is 7. The number of sulfone groups is 1. The highest BCUT2D eigenvalue weighted by Crippen LogP contribution is 2.02. The van der Waals surface area contributed by atoms with Crippen molar-refractivity contribution in [2.45, 2.75) is 3.92 Å². The summed E-state index contributed by atoms with van der Waals surface area (Å²) in [5.74, 6) is -1.51. The fourth-order valence-corrected chi connectivity index (χ4v) is 4.17. The van der Waals surface area contributed by atoms with Crippen molar-refractivity contribution in [3.05, 3.63) is 0 Å². The first-order valence-corrected chi connectivity index (χ1v) is 9.40. The van der Waals surface area contributed by atoms with Gasteiger partial charge < -0.3 is 4.74 Å². The van der Waals surface area contributed by atoms with Gasteiger partial charge in [-0.3, -0.25) is 4.79 Å². The van der Waals surface area contributed by atoms with Gasteiger partial charge in [-0.05, 0) is 0 Å². The van der Waals surface area contributed by atoms with Crippen LogP contribution in [0.15, 0.2) is 0 Å². The van der Waals surface area contributed by atoms with E-state index in [2.05, 4.69) is 9.46 Å². The van der Waals surface area contributed by atoms with Gasteiger partial charge in [0, 0.05) is 12.8 Å². The molecule has 0 aliphatic rings. The van der Waals surface area contributed by atoms with Gasteiger partial charge in [0.25, 0.3) is 0 Å². The summed E-state index contributed by atoms with van der Waals surface area (Å²) < 4.78 is 50.2. The minimum absolute atomic E-state index is 0.126. The molecule has 0 saturated heterocycles. The maximum atomic E-state index is 11.4. The van der Waals surface area contributed by atoms with Crippen molar-refractivity contribution in [1.29, 1.82) is 0 Å². The molecule has 0 aromatic carbocycles. The molecule has 0 aliphatic carbocycles. The summed E-state index contributed by atoms with van der Waals surface area (Å²) in [6.07, 6.45) is 0.956. The second-order valence-electron chi connectivity index (χ2n) is 3.29. The molecule has 0 saturated carbocycles. The van der Waals surface area contributed by atoms with Crippen molar-refractivity contribution in [3.8, 4) is 0 Å². The van der Waals surface area contributed by atoms with Crippen LogP contribution in [0.4, 0.5) is 0 Å². The highest BCUT2D eigenvalue weighted by atomic mass is 127. The smallest absolute Gasteiger partial charge is 0.319 e. The van der Waals surface area contributed by atoms with E-state index >= 15 is 0 Å². The largest absolute Gasteiger partial charge is 0.468 e. The molecule has 0 aliphatic heterocycles. The minimum Gasteiger partial charge on any atom is -0.468 e. The molecule has 0 amide bonds. The number of halogens is 1. The molecule has 10 heteroatoms. The first kappa shape index (κ1) is 17.1. The Hall–Kier alpha value is 0.0600. The fraction of sp³-hybridized carbons (Fsp3) is 0.857. The SMILES string of the molecule is COC(=O)C(I)CNS(=O)(=O)CCS(C)(=O)=O. The number of carbonyl (C=O) groups excluding carboxylic acids is 1. The van der Waals surface area contributed by atoms with Crippen molar-refractivity contribution < 1.29 is 26.4 Å². The van der Waals surface area contributed by atoms with Crippen LogP contribution < -0.4 is 4.72 Å². The van der Waals surface area contributed by atoms with Gasteiger partial charge >= 0.3 is 5.97 Å². The number of esters is 1. The molecular formula is C7H14INO6S2. The number of ether oxygens (including phenoxy) is 1. The van der Waals surface area contributed by atoms with Crippen LogP contribution in [-0.2, 0) is 29.4 Å². The predicted molar refractivity (Wildman–Crippen MR) is 71.3 cm³/mol. The first-order valence-electron chi connectivity index (χ1n) is 4.44. The van der Waals surface area contributed by atoms with Gasteiger partial charge in [0.15, 0.2) is 0 Å². The third kappa shape index (κ3) is 8.74. The lowest BCUT2D eigenvalue weighted by molar-refractivity contribution is -0.139. The Labute approximate surface area is 114 Å². The van der Waals surface area contributed by atoms with Gasteiger partial charge in [-0.1, -0.05) is 22.6 Å². The Bertz CT molecular complexity index is 457. The van der Waals surface area contributed by atoms with Crippen LogP contribution in [0.2, 0.25) is 0 Å². The van der Waals surface area contributed by atoms with Crippen LogP contribution >= 0.6 is 22.6 Å². The summed E-state index contributed by atoms with van der Waals surface area (Å²) in [6.45, 7) is -0.126. The van der Waals surface area contributed by atoms with E-state index < -0.39 is 41.3 Å². The van der Waals surface area contributed by atoms with E-state index in [1.165, 1.54) is 7.11 Å². The summed E-state index contributed by atoms with van der Waals surface area (Å²) in [5.41, 5.74) is 0. The number of hydrogen-bond acceptors (Lipinski definition) is 6. The molecule has 7 nitrogen and oxygen atoms in total. The monoisotopic (exact) mass is 399 g/mol. The van der Waals surface area contributed by atoms with E-state index in [-0.39, 0.29) is 6.54 Å². The van der Waals surface area contributed by atoms with Crippen LogP contribution in [-0.4, -0.2) is 58.1 Å². The molecule has 0 aromatic rings. The third-order valence-electron chi connectivity index (χ3n) is 1.66. The van der Waals surface area contributed by atoms with E-state index in [1.54, 1.807) is 22.6 Å². The lowest BCUT2D eigenvalue weighted by atomic mass is 10.4.